The number of pyridine rings is 1. The lowest BCUT2D eigenvalue weighted by molar-refractivity contribution is -0.134. The van der Waals surface area contributed by atoms with Gasteiger partial charge in [-0.1, -0.05) is 30.3 Å². The number of aliphatic hydroxyl groups is 1. The van der Waals surface area contributed by atoms with Gasteiger partial charge in [0.1, 0.15) is 17.5 Å². The number of imidazole rings is 1. The van der Waals surface area contributed by atoms with E-state index in [0.717, 1.165) is 12.5 Å². The van der Waals surface area contributed by atoms with Gasteiger partial charge in [0.25, 0.3) is 11.5 Å². The highest BCUT2D eigenvalue weighted by Gasteiger charge is 2.20. The van der Waals surface area contributed by atoms with Crippen LogP contribution in [0.15, 0.2) is 72.0 Å². The molecule has 4 rings (SSSR count). The van der Waals surface area contributed by atoms with Crippen LogP contribution >= 0.6 is 0 Å². The summed E-state index contributed by atoms with van der Waals surface area (Å²) in [7, 11) is 1.56. The molecule has 2 N–H and O–H groups in total. The molecule has 1 unspecified atom stereocenters. The second kappa shape index (κ2) is 10.9. The molecule has 0 aliphatic carbocycles. The van der Waals surface area contributed by atoms with E-state index in [-0.39, 0.29) is 24.3 Å². The topological polar surface area (TPSA) is 130 Å². The number of carboxylic acids is 1. The number of methoxy groups -OCH3 is 1. The molecule has 34 heavy (non-hydrogen) atoms. The van der Waals surface area contributed by atoms with Gasteiger partial charge in [0.2, 0.25) is 0 Å². The lowest BCUT2D eigenvalue weighted by Gasteiger charge is -2.19. The van der Waals surface area contributed by atoms with Gasteiger partial charge >= 0.3 is 0 Å². The molecular formula is C25H24N4O5. The van der Waals surface area contributed by atoms with Gasteiger partial charge in [0.05, 0.1) is 32.6 Å². The van der Waals surface area contributed by atoms with E-state index in [2.05, 4.69) is 11.1 Å². The summed E-state index contributed by atoms with van der Waals surface area (Å²) >= 11 is 0. The van der Waals surface area contributed by atoms with Crippen LogP contribution in [0.5, 0.6) is 5.75 Å². The fourth-order valence-electron chi connectivity index (χ4n) is 3.65. The maximum atomic E-state index is 13.3. The number of aliphatic carboxylic acids is 1. The molecule has 1 atom stereocenters. The second-order valence-corrected chi connectivity index (χ2v) is 7.46. The fraction of sp³-hybridized carbons (Fsp3) is 0.200. The molecule has 0 fully saturated rings. The molecule has 0 bridgehead atoms. The first-order chi connectivity index (χ1) is 16.3. The van der Waals surface area contributed by atoms with Crippen molar-refractivity contribution in [2.75, 3.05) is 7.11 Å². The highest BCUT2D eigenvalue weighted by Crippen LogP contribution is 2.32. The number of fused-ring (bicyclic) bond motifs is 1. The Morgan fingerprint density at radius 2 is 1.88 bits per heavy atom. The molecule has 4 aromatic rings. The van der Waals surface area contributed by atoms with Crippen molar-refractivity contribution in [2.45, 2.75) is 26.1 Å². The number of carbonyl (C=O) groups is 1. The number of benzene rings is 2. The van der Waals surface area contributed by atoms with E-state index in [1.165, 1.54) is 4.57 Å². The minimum atomic E-state index is -0.872. The molecule has 2 aromatic carbocycles. The van der Waals surface area contributed by atoms with Gasteiger partial charge in [0, 0.05) is 35.7 Å². The lowest BCUT2D eigenvalue weighted by Crippen LogP contribution is -2.31. The fourth-order valence-corrected chi connectivity index (χ4v) is 3.65. The molecule has 0 saturated heterocycles. The summed E-state index contributed by atoms with van der Waals surface area (Å²) in [5.74, 6) is -0.235. The Bertz CT molecular complexity index is 1370. The quantitative estimate of drug-likeness (QED) is 0.452. The molecule has 0 saturated carbocycles. The van der Waals surface area contributed by atoms with Crippen molar-refractivity contribution in [1.82, 2.24) is 14.1 Å². The largest absolute Gasteiger partial charge is 0.497 e. The van der Waals surface area contributed by atoms with Crippen molar-refractivity contribution in [3.8, 4) is 22.9 Å². The van der Waals surface area contributed by atoms with Crippen LogP contribution in [0.2, 0.25) is 0 Å². The van der Waals surface area contributed by atoms with Crippen LogP contribution in [-0.2, 0) is 17.9 Å². The SMILES string of the molecule is CC(=O)O.COc1ccc2c(=O)n(CC(O)Cn3ccnc3)c(C#N)c(-c3ccccc3)c2c1. The molecule has 0 spiro atoms. The number of aromatic nitrogens is 3. The summed E-state index contributed by atoms with van der Waals surface area (Å²) in [5.41, 5.74) is 1.33. The Kier molecular flexibility index (Phi) is 7.79. The molecule has 0 aliphatic heterocycles. The van der Waals surface area contributed by atoms with Gasteiger partial charge < -0.3 is 19.5 Å². The lowest BCUT2D eigenvalue weighted by atomic mass is 9.96. The number of hydrogen-bond donors (Lipinski definition) is 2. The maximum absolute atomic E-state index is 13.3. The predicted molar refractivity (Wildman–Crippen MR) is 126 cm³/mol. The maximum Gasteiger partial charge on any atom is 0.300 e. The van der Waals surface area contributed by atoms with E-state index in [1.54, 1.807) is 48.6 Å². The van der Waals surface area contributed by atoms with E-state index >= 15 is 0 Å². The number of ether oxygens (including phenoxy) is 1. The zero-order chi connectivity index (χ0) is 24.7. The summed E-state index contributed by atoms with van der Waals surface area (Å²) in [4.78, 5) is 26.2. The highest BCUT2D eigenvalue weighted by atomic mass is 16.5. The first-order valence-corrected chi connectivity index (χ1v) is 10.4. The zero-order valence-corrected chi connectivity index (χ0v) is 18.8. The smallest absolute Gasteiger partial charge is 0.300 e. The van der Waals surface area contributed by atoms with Crippen molar-refractivity contribution >= 4 is 16.7 Å². The van der Waals surface area contributed by atoms with Crippen molar-refractivity contribution in [3.63, 3.8) is 0 Å². The first kappa shape index (κ1) is 24.2. The molecule has 0 aliphatic rings. The molecule has 2 heterocycles. The Morgan fingerprint density at radius 1 is 1.18 bits per heavy atom. The average molecular weight is 460 g/mol. The van der Waals surface area contributed by atoms with Crippen LogP contribution in [0, 0.1) is 11.3 Å². The third-order valence-corrected chi connectivity index (χ3v) is 5.02. The summed E-state index contributed by atoms with van der Waals surface area (Å²) in [6.07, 6.45) is 4.08. The number of nitriles is 1. The monoisotopic (exact) mass is 460 g/mol. The third kappa shape index (κ3) is 5.49. The highest BCUT2D eigenvalue weighted by molar-refractivity contribution is 5.99. The molecule has 9 nitrogen and oxygen atoms in total. The molecule has 9 heteroatoms. The van der Waals surface area contributed by atoms with E-state index < -0.39 is 12.1 Å². The van der Waals surface area contributed by atoms with E-state index in [1.807, 2.05) is 30.3 Å². The third-order valence-electron chi connectivity index (χ3n) is 5.02. The van der Waals surface area contributed by atoms with Crippen LogP contribution in [0.1, 0.15) is 12.6 Å². The van der Waals surface area contributed by atoms with Crippen LogP contribution in [0.4, 0.5) is 0 Å². The van der Waals surface area contributed by atoms with E-state index in [0.29, 0.717) is 22.1 Å². The predicted octanol–water partition coefficient (Wildman–Crippen LogP) is 2.90. The van der Waals surface area contributed by atoms with Gasteiger partial charge in [-0.05, 0) is 23.8 Å². The Hall–Kier alpha value is -4.42. The number of rotatable bonds is 6. The Balaban J connectivity index is 0.000000751. The van der Waals surface area contributed by atoms with Crippen molar-refractivity contribution in [2.24, 2.45) is 0 Å². The first-order valence-electron chi connectivity index (χ1n) is 10.4. The van der Waals surface area contributed by atoms with E-state index in [9.17, 15) is 15.2 Å². The summed E-state index contributed by atoms with van der Waals surface area (Å²) in [5, 5.41) is 29.1. The summed E-state index contributed by atoms with van der Waals surface area (Å²) in [6.45, 7) is 1.33. The van der Waals surface area contributed by atoms with Crippen molar-refractivity contribution in [1.29, 1.82) is 5.26 Å². The average Bonchev–Trinajstić information content (AvgIpc) is 3.33. The number of aliphatic hydroxyl groups excluding tert-OH is 1. The summed E-state index contributed by atoms with van der Waals surface area (Å²) < 4.78 is 8.43. The minimum absolute atomic E-state index is 0.0122. The van der Waals surface area contributed by atoms with Crippen LogP contribution in [0.25, 0.3) is 21.9 Å². The van der Waals surface area contributed by atoms with Crippen molar-refractivity contribution < 1.29 is 19.7 Å². The van der Waals surface area contributed by atoms with E-state index in [4.69, 9.17) is 14.6 Å². The molecule has 0 radical (unpaired) electrons. The molecule has 2 aromatic heterocycles. The number of nitrogens with zero attached hydrogens (tertiary/aromatic N) is 4. The van der Waals surface area contributed by atoms with Crippen molar-refractivity contribution in [3.05, 3.63) is 83.3 Å². The van der Waals surface area contributed by atoms with Gasteiger partial charge in [-0.15, -0.1) is 0 Å². The van der Waals surface area contributed by atoms with Gasteiger partial charge in [0.15, 0.2) is 0 Å². The molecule has 0 amide bonds. The second-order valence-electron chi connectivity index (χ2n) is 7.46. The Labute approximate surface area is 195 Å². The van der Waals surface area contributed by atoms with Crippen LogP contribution in [0.3, 0.4) is 0 Å². The Morgan fingerprint density at radius 3 is 2.47 bits per heavy atom. The van der Waals surface area contributed by atoms with Gasteiger partial charge in [-0.2, -0.15) is 5.26 Å². The number of carboxylic acid groups (broad SMARTS) is 1. The van der Waals surface area contributed by atoms with Crippen LogP contribution < -0.4 is 10.3 Å². The minimum Gasteiger partial charge on any atom is -0.497 e. The van der Waals surface area contributed by atoms with Gasteiger partial charge in [-0.3, -0.25) is 14.2 Å². The zero-order valence-electron chi connectivity index (χ0n) is 18.8. The van der Waals surface area contributed by atoms with Crippen LogP contribution in [-0.4, -0.2) is 43.5 Å². The normalized spacial score (nSPS) is 11.2. The molecule has 174 valence electrons. The number of hydrogen-bond acceptors (Lipinski definition) is 6. The molecular weight excluding hydrogens is 436 g/mol. The standard InChI is InChI=1S/C23H20N4O3.C2H4O2/c1-30-18-7-8-19-20(11-18)22(16-5-3-2-4-6-16)21(12-24)27(23(19)29)14-17(28)13-26-10-9-25-15-26;1-2(3)4/h2-11,15,17,28H,13-14H2,1H3;1H3,(H,3,4). The summed E-state index contributed by atoms with van der Waals surface area (Å²) in [6, 6.07) is 16.8. The van der Waals surface area contributed by atoms with Gasteiger partial charge in [-0.25, -0.2) is 4.98 Å².